The molecule has 4 heterocycles. The SMILES string of the molecule is CNCc1cc(F)c(C2=NC(C)C3NN=C(c4ccnc(N5CCN(C)CC5)c4)C3=C2)c(F)c1. The highest BCUT2D eigenvalue weighted by atomic mass is 19.1. The van der Waals surface area contributed by atoms with Gasteiger partial charge < -0.3 is 15.1 Å². The van der Waals surface area contributed by atoms with Crippen LogP contribution in [0.1, 0.15) is 23.6 Å². The summed E-state index contributed by atoms with van der Waals surface area (Å²) in [6.07, 6.45) is 3.55. The molecule has 2 unspecified atom stereocenters. The topological polar surface area (TPSA) is 68.1 Å². The number of dihydropyridines is 1. The van der Waals surface area contributed by atoms with E-state index in [2.05, 4.69) is 42.7 Å². The van der Waals surface area contributed by atoms with E-state index in [-0.39, 0.29) is 17.6 Å². The fraction of sp³-hybridized carbons (Fsp3) is 0.400. The molecule has 1 saturated heterocycles. The van der Waals surface area contributed by atoms with E-state index in [4.69, 9.17) is 0 Å². The van der Waals surface area contributed by atoms with Crippen molar-refractivity contribution >= 4 is 17.2 Å². The number of anilines is 1. The van der Waals surface area contributed by atoms with Gasteiger partial charge in [-0.3, -0.25) is 10.4 Å². The highest BCUT2D eigenvalue weighted by Gasteiger charge is 2.35. The van der Waals surface area contributed by atoms with Crippen LogP contribution < -0.4 is 15.6 Å². The van der Waals surface area contributed by atoms with Crippen molar-refractivity contribution in [3.63, 3.8) is 0 Å². The fourth-order valence-corrected chi connectivity index (χ4v) is 4.74. The number of aromatic nitrogens is 1. The number of nitrogens with one attached hydrogen (secondary N) is 2. The molecule has 0 saturated carbocycles. The molecule has 34 heavy (non-hydrogen) atoms. The molecule has 2 N–H and O–H groups in total. The summed E-state index contributed by atoms with van der Waals surface area (Å²) in [5, 5.41) is 7.50. The zero-order chi connectivity index (χ0) is 23.8. The number of hydrazone groups is 1. The van der Waals surface area contributed by atoms with Crippen LogP contribution in [0.25, 0.3) is 0 Å². The standard InChI is InChI=1S/C25H29F2N7/c1-15-24-18(13-21(30-15)23-19(26)10-16(14-28-2)11-20(23)27)25(32-31-24)17-4-5-29-22(12-17)34-8-6-33(3)7-9-34/h4-5,10-13,15,24,28,31H,6-9,14H2,1-3H3. The molecule has 1 fully saturated rings. The molecule has 0 radical (unpaired) electrons. The van der Waals surface area contributed by atoms with Crippen molar-refractivity contribution in [3.05, 3.63) is 70.4 Å². The predicted octanol–water partition coefficient (Wildman–Crippen LogP) is 2.32. The van der Waals surface area contributed by atoms with Gasteiger partial charge in [-0.1, -0.05) is 0 Å². The van der Waals surface area contributed by atoms with Crippen molar-refractivity contribution in [2.45, 2.75) is 25.6 Å². The summed E-state index contributed by atoms with van der Waals surface area (Å²) in [6.45, 7) is 6.12. The van der Waals surface area contributed by atoms with Gasteiger partial charge in [-0.15, -0.1) is 0 Å². The van der Waals surface area contributed by atoms with E-state index >= 15 is 0 Å². The Morgan fingerprint density at radius 3 is 2.56 bits per heavy atom. The van der Waals surface area contributed by atoms with E-state index in [1.807, 2.05) is 19.1 Å². The van der Waals surface area contributed by atoms with Crippen LogP contribution >= 0.6 is 0 Å². The average molecular weight is 466 g/mol. The van der Waals surface area contributed by atoms with Crippen molar-refractivity contribution in [2.24, 2.45) is 10.1 Å². The Kier molecular flexibility index (Phi) is 6.14. The van der Waals surface area contributed by atoms with Gasteiger partial charge in [0.25, 0.3) is 0 Å². The van der Waals surface area contributed by atoms with Crippen LogP contribution in [0, 0.1) is 11.6 Å². The molecule has 3 aliphatic rings. The minimum Gasteiger partial charge on any atom is -0.354 e. The Labute approximate surface area is 198 Å². The minimum absolute atomic E-state index is 0.100. The lowest BCUT2D eigenvalue weighted by atomic mass is 9.89. The van der Waals surface area contributed by atoms with Gasteiger partial charge in [-0.25, -0.2) is 13.8 Å². The molecule has 2 aromatic rings. The molecule has 9 heteroatoms. The number of likely N-dealkylation sites (N-methyl/N-ethyl adjacent to an activating group) is 1. The molecular formula is C25H29F2N7. The Balaban J connectivity index is 1.47. The van der Waals surface area contributed by atoms with Crippen LogP contribution in [0.2, 0.25) is 0 Å². The molecule has 1 aromatic carbocycles. The van der Waals surface area contributed by atoms with Gasteiger partial charge in [-0.2, -0.15) is 5.10 Å². The fourth-order valence-electron chi connectivity index (χ4n) is 4.74. The van der Waals surface area contributed by atoms with Crippen LogP contribution in [0.3, 0.4) is 0 Å². The zero-order valence-corrected chi connectivity index (χ0v) is 19.6. The first kappa shape index (κ1) is 22.6. The summed E-state index contributed by atoms with van der Waals surface area (Å²) in [7, 11) is 3.86. The largest absolute Gasteiger partial charge is 0.354 e. The number of aliphatic imine (C=N–C) groups is 1. The van der Waals surface area contributed by atoms with E-state index in [1.54, 1.807) is 19.3 Å². The molecular weight excluding hydrogens is 436 g/mol. The van der Waals surface area contributed by atoms with E-state index in [0.717, 1.165) is 48.8 Å². The maximum Gasteiger partial charge on any atom is 0.135 e. The lowest BCUT2D eigenvalue weighted by Gasteiger charge is -2.33. The number of halogens is 2. The lowest BCUT2D eigenvalue weighted by Crippen LogP contribution is -2.44. The monoisotopic (exact) mass is 465 g/mol. The van der Waals surface area contributed by atoms with Crippen molar-refractivity contribution in [1.82, 2.24) is 20.6 Å². The number of allylic oxidation sites excluding steroid dienone is 1. The molecule has 0 amide bonds. The minimum atomic E-state index is -0.614. The smallest absolute Gasteiger partial charge is 0.135 e. The summed E-state index contributed by atoms with van der Waals surface area (Å²) < 4.78 is 29.9. The highest BCUT2D eigenvalue weighted by Crippen LogP contribution is 2.29. The number of hydrogen-bond acceptors (Lipinski definition) is 7. The van der Waals surface area contributed by atoms with Crippen LogP contribution in [0.5, 0.6) is 0 Å². The summed E-state index contributed by atoms with van der Waals surface area (Å²) in [4.78, 5) is 13.7. The normalized spacial score (nSPS) is 22.6. The van der Waals surface area contributed by atoms with Crippen LogP contribution in [0.15, 0.2) is 52.2 Å². The third-order valence-corrected chi connectivity index (χ3v) is 6.63. The summed E-state index contributed by atoms with van der Waals surface area (Å²) >= 11 is 0. The molecule has 178 valence electrons. The van der Waals surface area contributed by atoms with Gasteiger partial charge in [0.05, 0.1) is 29.1 Å². The van der Waals surface area contributed by atoms with Gasteiger partial charge in [0.15, 0.2) is 0 Å². The first-order chi connectivity index (χ1) is 16.4. The molecule has 1 aromatic heterocycles. The molecule has 0 bridgehead atoms. The first-order valence-electron chi connectivity index (χ1n) is 11.6. The number of benzene rings is 1. The van der Waals surface area contributed by atoms with Crippen molar-refractivity contribution in [1.29, 1.82) is 0 Å². The number of piperazine rings is 1. The number of fused-ring (bicyclic) bond motifs is 1. The molecule has 3 aliphatic heterocycles. The zero-order valence-electron chi connectivity index (χ0n) is 19.6. The lowest BCUT2D eigenvalue weighted by molar-refractivity contribution is 0.312. The first-order valence-corrected chi connectivity index (χ1v) is 11.6. The third-order valence-electron chi connectivity index (χ3n) is 6.63. The van der Waals surface area contributed by atoms with Gasteiger partial charge in [0, 0.05) is 50.1 Å². The van der Waals surface area contributed by atoms with Crippen LogP contribution in [-0.2, 0) is 6.54 Å². The highest BCUT2D eigenvalue weighted by molar-refractivity contribution is 6.21. The predicted molar refractivity (Wildman–Crippen MR) is 131 cm³/mol. The third kappa shape index (κ3) is 4.21. The Hall–Kier alpha value is -3.17. The second-order valence-electron chi connectivity index (χ2n) is 9.08. The van der Waals surface area contributed by atoms with Gasteiger partial charge in [0.1, 0.15) is 17.5 Å². The van der Waals surface area contributed by atoms with Crippen molar-refractivity contribution < 1.29 is 8.78 Å². The van der Waals surface area contributed by atoms with Crippen LogP contribution in [0.4, 0.5) is 14.6 Å². The number of nitrogens with zero attached hydrogens (tertiary/aromatic N) is 5. The second kappa shape index (κ2) is 9.23. The van der Waals surface area contributed by atoms with E-state index in [0.29, 0.717) is 17.8 Å². The number of pyridine rings is 1. The van der Waals surface area contributed by atoms with E-state index < -0.39 is 11.6 Å². The summed E-state index contributed by atoms with van der Waals surface area (Å²) in [6, 6.07) is 6.31. The Bertz CT molecular complexity index is 1160. The maximum absolute atomic E-state index is 15.0. The Morgan fingerprint density at radius 2 is 1.85 bits per heavy atom. The molecule has 0 spiro atoms. The average Bonchev–Trinajstić information content (AvgIpc) is 3.24. The van der Waals surface area contributed by atoms with Gasteiger partial charge in [-0.05, 0) is 56.9 Å². The van der Waals surface area contributed by atoms with Crippen molar-refractivity contribution in [2.75, 3.05) is 45.2 Å². The second-order valence-corrected chi connectivity index (χ2v) is 9.08. The Morgan fingerprint density at radius 1 is 1.12 bits per heavy atom. The van der Waals surface area contributed by atoms with Crippen molar-refractivity contribution in [3.8, 4) is 0 Å². The molecule has 5 rings (SSSR count). The molecule has 7 nitrogen and oxygen atoms in total. The van der Waals surface area contributed by atoms with Gasteiger partial charge in [0.2, 0.25) is 0 Å². The quantitative estimate of drug-likeness (QED) is 0.710. The maximum atomic E-state index is 15.0. The van der Waals surface area contributed by atoms with E-state index in [1.165, 1.54) is 12.1 Å². The van der Waals surface area contributed by atoms with Gasteiger partial charge >= 0.3 is 0 Å². The summed E-state index contributed by atoms with van der Waals surface area (Å²) in [5.41, 5.74) is 6.48. The number of rotatable bonds is 5. The van der Waals surface area contributed by atoms with E-state index in [9.17, 15) is 8.78 Å². The number of hydrogen-bond donors (Lipinski definition) is 2. The molecule has 0 aliphatic carbocycles. The van der Waals surface area contributed by atoms with Crippen LogP contribution in [-0.4, -0.2) is 73.7 Å². The molecule has 2 atom stereocenters. The summed E-state index contributed by atoms with van der Waals surface area (Å²) in [5.74, 6) is -0.318.